The molecule has 1 saturated heterocycles. The van der Waals surface area contributed by atoms with Crippen molar-refractivity contribution in [3.8, 4) is 5.75 Å². The second kappa shape index (κ2) is 3.28. The third-order valence-electron chi connectivity index (χ3n) is 3.15. The smallest absolute Gasteiger partial charge is 0.122 e. The number of nitrogens with one attached hydrogen (secondary N) is 1. The van der Waals surface area contributed by atoms with E-state index in [9.17, 15) is 0 Å². The Labute approximate surface area is 85.3 Å². The van der Waals surface area contributed by atoms with Crippen LogP contribution in [0.3, 0.4) is 0 Å². The molecule has 0 spiro atoms. The van der Waals surface area contributed by atoms with Gasteiger partial charge in [0.1, 0.15) is 5.75 Å². The van der Waals surface area contributed by atoms with Gasteiger partial charge in [-0.2, -0.15) is 0 Å². The topological polar surface area (TPSA) is 21.3 Å². The minimum absolute atomic E-state index is 0.203. The minimum Gasteiger partial charge on any atom is -0.496 e. The van der Waals surface area contributed by atoms with Crippen molar-refractivity contribution in [3.63, 3.8) is 0 Å². The summed E-state index contributed by atoms with van der Waals surface area (Å²) in [7, 11) is 1.73. The van der Waals surface area contributed by atoms with Gasteiger partial charge >= 0.3 is 0 Å². The van der Waals surface area contributed by atoms with Gasteiger partial charge in [-0.25, -0.2) is 0 Å². The Morgan fingerprint density at radius 2 is 2.07 bits per heavy atom. The molecule has 1 heterocycles. The maximum absolute atomic E-state index is 5.37. The van der Waals surface area contributed by atoms with E-state index < -0.39 is 0 Å². The molecule has 2 rings (SSSR count). The Balaban J connectivity index is 2.32. The molecule has 1 N–H and O–H groups in total. The van der Waals surface area contributed by atoms with Gasteiger partial charge in [0.15, 0.2) is 0 Å². The van der Waals surface area contributed by atoms with Crippen LogP contribution in [0.5, 0.6) is 5.75 Å². The number of methoxy groups -OCH3 is 1. The largest absolute Gasteiger partial charge is 0.496 e. The van der Waals surface area contributed by atoms with E-state index in [4.69, 9.17) is 4.74 Å². The molecule has 1 atom stereocenters. The lowest BCUT2D eigenvalue weighted by atomic mass is 9.75. The first-order valence-electron chi connectivity index (χ1n) is 5.03. The number of benzene rings is 1. The molecule has 0 bridgehead atoms. The summed E-state index contributed by atoms with van der Waals surface area (Å²) < 4.78 is 5.37. The molecule has 0 saturated carbocycles. The molecule has 1 aromatic carbocycles. The molecular formula is C12H17NO. The average molecular weight is 191 g/mol. The average Bonchev–Trinajstić information content (AvgIpc) is 2.17. The Kier molecular flexibility index (Phi) is 2.23. The predicted molar refractivity (Wildman–Crippen MR) is 57.8 cm³/mol. The van der Waals surface area contributed by atoms with E-state index >= 15 is 0 Å². The van der Waals surface area contributed by atoms with Gasteiger partial charge in [0.25, 0.3) is 0 Å². The predicted octanol–water partition coefficient (Wildman–Crippen LogP) is 2.16. The first kappa shape index (κ1) is 9.53. The minimum atomic E-state index is 0.203. The molecule has 1 aromatic rings. The van der Waals surface area contributed by atoms with Crippen LogP contribution in [0.4, 0.5) is 0 Å². The highest BCUT2D eigenvalue weighted by Gasteiger charge is 2.40. The van der Waals surface area contributed by atoms with Crippen LogP contribution in [0.15, 0.2) is 24.3 Å². The molecular weight excluding hydrogens is 174 g/mol. The Morgan fingerprint density at radius 1 is 1.36 bits per heavy atom. The molecule has 2 heteroatoms. The van der Waals surface area contributed by atoms with Crippen LogP contribution in [0, 0.1) is 0 Å². The van der Waals surface area contributed by atoms with E-state index in [1.165, 1.54) is 5.56 Å². The molecule has 1 aliphatic rings. The van der Waals surface area contributed by atoms with Crippen molar-refractivity contribution < 1.29 is 4.74 Å². The molecule has 76 valence electrons. The molecule has 0 amide bonds. The van der Waals surface area contributed by atoms with E-state index in [0.717, 1.165) is 12.3 Å². The van der Waals surface area contributed by atoms with E-state index in [2.05, 4.69) is 31.3 Å². The van der Waals surface area contributed by atoms with Gasteiger partial charge in [-0.15, -0.1) is 0 Å². The maximum atomic E-state index is 5.37. The fraction of sp³-hybridized carbons (Fsp3) is 0.500. The summed E-state index contributed by atoms with van der Waals surface area (Å²) in [4.78, 5) is 0. The Morgan fingerprint density at radius 3 is 2.57 bits per heavy atom. The quantitative estimate of drug-likeness (QED) is 0.773. The Hall–Kier alpha value is -1.02. The standard InChI is InChI=1S/C12H17NO/c1-12(2)10(8-13-12)9-6-4-5-7-11(9)14-3/h4-7,10,13H,8H2,1-3H3. The Bertz CT molecular complexity index is 333. The van der Waals surface area contributed by atoms with Crippen molar-refractivity contribution in [2.45, 2.75) is 25.3 Å². The van der Waals surface area contributed by atoms with E-state index in [-0.39, 0.29) is 5.54 Å². The third-order valence-corrected chi connectivity index (χ3v) is 3.15. The van der Waals surface area contributed by atoms with Crippen LogP contribution < -0.4 is 10.1 Å². The first-order chi connectivity index (χ1) is 6.65. The second-order valence-electron chi connectivity index (χ2n) is 4.40. The van der Waals surface area contributed by atoms with E-state index in [1.54, 1.807) is 7.11 Å². The van der Waals surface area contributed by atoms with Crippen molar-refractivity contribution in [3.05, 3.63) is 29.8 Å². The van der Waals surface area contributed by atoms with Crippen LogP contribution in [-0.4, -0.2) is 19.2 Å². The van der Waals surface area contributed by atoms with Crippen molar-refractivity contribution in [2.24, 2.45) is 0 Å². The molecule has 0 aromatic heterocycles. The highest BCUT2D eigenvalue weighted by Crippen LogP contribution is 2.38. The van der Waals surface area contributed by atoms with Gasteiger partial charge < -0.3 is 10.1 Å². The monoisotopic (exact) mass is 191 g/mol. The maximum Gasteiger partial charge on any atom is 0.122 e. The number of hydrogen-bond donors (Lipinski definition) is 1. The lowest BCUT2D eigenvalue weighted by molar-refractivity contribution is 0.204. The summed E-state index contributed by atoms with van der Waals surface area (Å²) in [5, 5.41) is 3.43. The lowest BCUT2D eigenvalue weighted by Crippen LogP contribution is -2.59. The fourth-order valence-electron chi connectivity index (χ4n) is 2.07. The van der Waals surface area contributed by atoms with Gasteiger partial charge in [-0.1, -0.05) is 18.2 Å². The SMILES string of the molecule is COc1ccccc1C1CNC1(C)C. The van der Waals surface area contributed by atoms with Crippen molar-refractivity contribution in [2.75, 3.05) is 13.7 Å². The van der Waals surface area contributed by atoms with Gasteiger partial charge in [-0.3, -0.25) is 0 Å². The fourth-order valence-corrected chi connectivity index (χ4v) is 2.07. The highest BCUT2D eigenvalue weighted by atomic mass is 16.5. The van der Waals surface area contributed by atoms with Crippen LogP contribution in [-0.2, 0) is 0 Å². The van der Waals surface area contributed by atoms with Crippen molar-refractivity contribution >= 4 is 0 Å². The van der Waals surface area contributed by atoms with Gasteiger partial charge in [0.05, 0.1) is 7.11 Å². The van der Waals surface area contributed by atoms with Gasteiger partial charge in [0, 0.05) is 23.6 Å². The van der Waals surface area contributed by atoms with Crippen LogP contribution in [0.25, 0.3) is 0 Å². The molecule has 14 heavy (non-hydrogen) atoms. The molecule has 0 radical (unpaired) electrons. The van der Waals surface area contributed by atoms with Crippen LogP contribution >= 0.6 is 0 Å². The molecule has 1 aliphatic heterocycles. The van der Waals surface area contributed by atoms with Crippen molar-refractivity contribution in [1.82, 2.24) is 5.32 Å². The van der Waals surface area contributed by atoms with E-state index in [1.807, 2.05) is 12.1 Å². The normalized spacial score (nSPS) is 24.1. The van der Waals surface area contributed by atoms with Crippen LogP contribution in [0.2, 0.25) is 0 Å². The number of ether oxygens (including phenoxy) is 1. The number of para-hydroxylation sites is 1. The highest BCUT2D eigenvalue weighted by molar-refractivity contribution is 5.40. The van der Waals surface area contributed by atoms with E-state index in [0.29, 0.717) is 5.92 Å². The zero-order chi connectivity index (χ0) is 10.2. The summed E-state index contributed by atoms with van der Waals surface area (Å²) in [5.41, 5.74) is 1.52. The summed E-state index contributed by atoms with van der Waals surface area (Å²) in [5.74, 6) is 1.57. The molecule has 1 fully saturated rings. The van der Waals surface area contributed by atoms with Crippen molar-refractivity contribution in [1.29, 1.82) is 0 Å². The van der Waals surface area contributed by atoms with Gasteiger partial charge in [-0.05, 0) is 19.9 Å². The first-order valence-corrected chi connectivity index (χ1v) is 5.03. The number of rotatable bonds is 2. The van der Waals surface area contributed by atoms with Crippen LogP contribution in [0.1, 0.15) is 25.3 Å². The lowest BCUT2D eigenvalue weighted by Gasteiger charge is -2.46. The summed E-state index contributed by atoms with van der Waals surface area (Å²) >= 11 is 0. The number of hydrogen-bond acceptors (Lipinski definition) is 2. The zero-order valence-corrected chi connectivity index (χ0v) is 9.00. The van der Waals surface area contributed by atoms with Gasteiger partial charge in [0.2, 0.25) is 0 Å². The third kappa shape index (κ3) is 1.40. The summed E-state index contributed by atoms with van der Waals surface area (Å²) in [6, 6.07) is 8.28. The summed E-state index contributed by atoms with van der Waals surface area (Å²) in [6.45, 7) is 5.51. The second-order valence-corrected chi connectivity index (χ2v) is 4.40. The zero-order valence-electron chi connectivity index (χ0n) is 9.00. The molecule has 1 unspecified atom stereocenters. The molecule has 2 nitrogen and oxygen atoms in total. The summed E-state index contributed by atoms with van der Waals surface area (Å²) in [6.07, 6.45) is 0. The molecule has 0 aliphatic carbocycles.